The maximum atomic E-state index is 13.1. The lowest BCUT2D eigenvalue weighted by Gasteiger charge is -2.09. The van der Waals surface area contributed by atoms with Gasteiger partial charge in [-0.05, 0) is 54.1 Å². The first-order valence-corrected chi connectivity index (χ1v) is 8.73. The number of aromatic nitrogens is 2. The maximum Gasteiger partial charge on any atom is 0.288 e. The minimum Gasteiger partial charge on any atom is -0.497 e. The number of amides is 2. The molecule has 0 atom stereocenters. The number of nitrogens with zero attached hydrogens (tertiary/aromatic N) is 3. The molecule has 1 heterocycles. The highest BCUT2D eigenvalue weighted by Crippen LogP contribution is 2.12. The quantitative estimate of drug-likeness (QED) is 0.456. The monoisotopic (exact) mass is 411 g/mol. The van der Waals surface area contributed by atoms with Crippen molar-refractivity contribution in [2.45, 2.75) is 0 Å². The van der Waals surface area contributed by atoms with Gasteiger partial charge in [0, 0.05) is 5.69 Å². The van der Waals surface area contributed by atoms with Crippen LogP contribution in [0.2, 0.25) is 0 Å². The Hall–Kier alpha value is -4.21. The first-order chi connectivity index (χ1) is 14.6. The number of methoxy groups -OCH3 is 1. The summed E-state index contributed by atoms with van der Waals surface area (Å²) in [5, 5.41) is 3.69. The van der Waals surface area contributed by atoms with E-state index in [1.807, 2.05) is 0 Å². The van der Waals surface area contributed by atoms with E-state index in [2.05, 4.69) is 21.0 Å². The van der Waals surface area contributed by atoms with Crippen LogP contribution >= 0.6 is 0 Å². The molecule has 0 radical (unpaired) electrons. The van der Waals surface area contributed by atoms with E-state index in [1.54, 1.807) is 31.4 Å². The zero-order chi connectivity index (χ0) is 21.3. The van der Waals surface area contributed by atoms with Crippen molar-refractivity contribution in [3.8, 4) is 11.4 Å². The number of imidazole rings is 1. The SMILES string of the molecule is COc1ccc(/C=N\OCC(=O)NNC(=O)c2cncn2-c2ccc(F)cc2)cc1. The zero-order valence-electron chi connectivity index (χ0n) is 15.9. The van der Waals surface area contributed by atoms with Gasteiger partial charge in [-0.3, -0.25) is 25.0 Å². The molecule has 0 fully saturated rings. The average Bonchev–Trinajstić information content (AvgIpc) is 3.26. The Labute approximate surface area is 171 Å². The van der Waals surface area contributed by atoms with Gasteiger partial charge < -0.3 is 9.57 Å². The fourth-order valence-corrected chi connectivity index (χ4v) is 2.38. The normalized spacial score (nSPS) is 10.6. The number of carbonyl (C=O) groups excluding carboxylic acids is 2. The second-order valence-corrected chi connectivity index (χ2v) is 5.91. The number of rotatable bonds is 7. The summed E-state index contributed by atoms with van der Waals surface area (Å²) in [6.07, 6.45) is 4.16. The summed E-state index contributed by atoms with van der Waals surface area (Å²) in [5.74, 6) is -0.897. The van der Waals surface area contributed by atoms with Crippen LogP contribution in [0.3, 0.4) is 0 Å². The van der Waals surface area contributed by atoms with Crippen LogP contribution in [0.1, 0.15) is 16.1 Å². The summed E-state index contributed by atoms with van der Waals surface area (Å²) in [5.41, 5.74) is 5.93. The fourth-order valence-electron chi connectivity index (χ4n) is 2.38. The molecule has 9 nitrogen and oxygen atoms in total. The number of oxime groups is 1. The summed E-state index contributed by atoms with van der Waals surface area (Å²) in [4.78, 5) is 32.9. The molecule has 3 rings (SSSR count). The van der Waals surface area contributed by atoms with Crippen LogP contribution in [0.5, 0.6) is 5.75 Å². The first kappa shape index (κ1) is 20.5. The number of hydrogen-bond donors (Lipinski definition) is 2. The molecule has 3 aromatic rings. The molecular formula is C20H18FN5O4. The highest BCUT2D eigenvalue weighted by atomic mass is 19.1. The van der Waals surface area contributed by atoms with Crippen molar-refractivity contribution >= 4 is 18.0 Å². The van der Waals surface area contributed by atoms with Gasteiger partial charge in [-0.15, -0.1) is 0 Å². The molecule has 1 aromatic heterocycles. The van der Waals surface area contributed by atoms with Gasteiger partial charge in [-0.25, -0.2) is 9.37 Å². The second kappa shape index (κ2) is 9.82. The van der Waals surface area contributed by atoms with Gasteiger partial charge in [0.15, 0.2) is 6.61 Å². The molecular weight excluding hydrogens is 393 g/mol. The van der Waals surface area contributed by atoms with Crippen LogP contribution in [0, 0.1) is 5.82 Å². The van der Waals surface area contributed by atoms with E-state index in [1.165, 1.54) is 47.6 Å². The minimum atomic E-state index is -0.608. The molecule has 2 amide bonds. The van der Waals surface area contributed by atoms with Crippen LogP contribution < -0.4 is 15.6 Å². The molecule has 2 N–H and O–H groups in total. The highest BCUT2D eigenvalue weighted by molar-refractivity contribution is 5.94. The lowest BCUT2D eigenvalue weighted by atomic mass is 10.2. The summed E-state index contributed by atoms with van der Waals surface area (Å²) < 4.78 is 19.6. The molecule has 0 saturated heterocycles. The minimum absolute atomic E-state index is 0.153. The Balaban J connectivity index is 1.47. The van der Waals surface area contributed by atoms with Gasteiger partial charge in [0.25, 0.3) is 11.8 Å². The topological polar surface area (TPSA) is 107 Å². The van der Waals surface area contributed by atoms with Crippen molar-refractivity contribution in [1.82, 2.24) is 20.4 Å². The van der Waals surface area contributed by atoms with Crippen LogP contribution in [0.4, 0.5) is 4.39 Å². The van der Waals surface area contributed by atoms with Crippen LogP contribution in [-0.2, 0) is 9.63 Å². The molecule has 0 bridgehead atoms. The summed E-state index contributed by atoms with van der Waals surface area (Å²) in [6, 6.07) is 12.6. The number of benzene rings is 2. The Morgan fingerprint density at radius 1 is 1.13 bits per heavy atom. The van der Waals surface area contributed by atoms with Gasteiger partial charge in [-0.2, -0.15) is 0 Å². The number of hydrogen-bond acceptors (Lipinski definition) is 6. The molecule has 0 unspecified atom stereocenters. The van der Waals surface area contributed by atoms with E-state index in [9.17, 15) is 14.0 Å². The third-order valence-corrected chi connectivity index (χ3v) is 3.88. The lowest BCUT2D eigenvalue weighted by molar-refractivity contribution is -0.126. The van der Waals surface area contributed by atoms with Gasteiger partial charge >= 0.3 is 0 Å². The van der Waals surface area contributed by atoms with E-state index in [0.29, 0.717) is 11.4 Å². The van der Waals surface area contributed by atoms with Gasteiger partial charge in [0.2, 0.25) is 0 Å². The maximum absolute atomic E-state index is 13.1. The molecule has 154 valence electrons. The predicted molar refractivity (Wildman–Crippen MR) is 106 cm³/mol. The van der Waals surface area contributed by atoms with E-state index in [-0.39, 0.29) is 5.69 Å². The van der Waals surface area contributed by atoms with Crippen molar-refractivity contribution in [3.63, 3.8) is 0 Å². The molecule has 0 aliphatic heterocycles. The fraction of sp³-hybridized carbons (Fsp3) is 0.100. The highest BCUT2D eigenvalue weighted by Gasteiger charge is 2.14. The first-order valence-electron chi connectivity index (χ1n) is 8.73. The largest absolute Gasteiger partial charge is 0.497 e. The molecule has 0 saturated carbocycles. The Morgan fingerprint density at radius 2 is 1.87 bits per heavy atom. The van der Waals surface area contributed by atoms with Gasteiger partial charge in [0.1, 0.15) is 17.3 Å². The van der Waals surface area contributed by atoms with Gasteiger partial charge in [-0.1, -0.05) is 5.16 Å². The predicted octanol–water partition coefficient (Wildman–Crippen LogP) is 1.83. The van der Waals surface area contributed by atoms with Gasteiger partial charge in [0.05, 0.1) is 25.8 Å². The number of carbonyl (C=O) groups is 2. The Bertz CT molecular complexity index is 1030. The van der Waals surface area contributed by atoms with Crippen molar-refractivity contribution in [1.29, 1.82) is 0 Å². The zero-order valence-corrected chi connectivity index (χ0v) is 15.9. The number of hydrazine groups is 1. The van der Waals surface area contributed by atoms with E-state index in [4.69, 9.17) is 9.57 Å². The molecule has 10 heteroatoms. The smallest absolute Gasteiger partial charge is 0.288 e. The van der Waals surface area contributed by atoms with Crippen LogP contribution in [-0.4, -0.2) is 41.3 Å². The number of halogens is 1. The molecule has 0 aliphatic carbocycles. The summed E-state index contributed by atoms with van der Waals surface area (Å²) >= 11 is 0. The molecule has 0 spiro atoms. The number of nitrogens with one attached hydrogen (secondary N) is 2. The molecule has 0 aliphatic rings. The average molecular weight is 411 g/mol. The van der Waals surface area contributed by atoms with E-state index < -0.39 is 24.2 Å². The second-order valence-electron chi connectivity index (χ2n) is 5.91. The van der Waals surface area contributed by atoms with Crippen molar-refractivity contribution in [3.05, 3.63) is 78.1 Å². The van der Waals surface area contributed by atoms with E-state index in [0.717, 1.165) is 5.56 Å². The Kier molecular flexibility index (Phi) is 6.72. The van der Waals surface area contributed by atoms with Crippen molar-refractivity contribution < 1.29 is 23.6 Å². The standard InChI is InChI=1S/C20H18FN5O4/c1-29-17-8-2-14(3-9-17)10-23-30-12-19(27)24-25-20(28)18-11-22-13-26(18)16-6-4-15(21)5-7-16/h2-11,13H,12H2,1H3,(H,24,27)(H,25,28)/b23-10-. The third-order valence-electron chi connectivity index (χ3n) is 3.88. The van der Waals surface area contributed by atoms with Crippen LogP contribution in [0.15, 0.2) is 66.2 Å². The number of ether oxygens (including phenoxy) is 1. The summed E-state index contributed by atoms with van der Waals surface area (Å²) in [6.45, 7) is -0.399. The van der Waals surface area contributed by atoms with E-state index >= 15 is 0 Å². The molecule has 2 aromatic carbocycles. The molecule has 30 heavy (non-hydrogen) atoms. The third kappa shape index (κ3) is 5.41. The lowest BCUT2D eigenvalue weighted by Crippen LogP contribution is -2.43. The summed E-state index contributed by atoms with van der Waals surface area (Å²) in [7, 11) is 1.57. The van der Waals surface area contributed by atoms with Crippen LogP contribution in [0.25, 0.3) is 5.69 Å². The van der Waals surface area contributed by atoms with Crippen molar-refractivity contribution in [2.75, 3.05) is 13.7 Å². The van der Waals surface area contributed by atoms with Crippen molar-refractivity contribution in [2.24, 2.45) is 5.16 Å². The Morgan fingerprint density at radius 3 is 2.57 bits per heavy atom.